The standard InChI is InChI=1S/C21H25N3O2S/c1-22(20(25)8-7-19-9-14-27-17-19)16-21(26)24-12-10-23(11-13-24)15-18-5-3-2-4-6-18/h2-9,14,17H,10-13,15-16H2,1H3/b8-7+. The number of hydrogen-bond acceptors (Lipinski definition) is 4. The summed E-state index contributed by atoms with van der Waals surface area (Å²) in [5.74, 6) is -0.147. The minimum Gasteiger partial charge on any atom is -0.339 e. The zero-order chi connectivity index (χ0) is 19.1. The summed E-state index contributed by atoms with van der Waals surface area (Å²) in [4.78, 5) is 30.4. The maximum absolute atomic E-state index is 12.5. The van der Waals surface area contributed by atoms with Crippen molar-refractivity contribution in [3.63, 3.8) is 0 Å². The molecule has 3 rings (SSSR count). The van der Waals surface area contributed by atoms with Crippen molar-refractivity contribution in [2.24, 2.45) is 0 Å². The molecule has 1 fully saturated rings. The Morgan fingerprint density at radius 2 is 1.85 bits per heavy atom. The molecular formula is C21H25N3O2S. The van der Waals surface area contributed by atoms with Crippen LogP contribution in [0.3, 0.4) is 0 Å². The van der Waals surface area contributed by atoms with Gasteiger partial charge >= 0.3 is 0 Å². The number of carbonyl (C=O) groups excluding carboxylic acids is 2. The van der Waals surface area contributed by atoms with E-state index in [1.165, 1.54) is 16.5 Å². The molecule has 0 bridgehead atoms. The van der Waals surface area contributed by atoms with Gasteiger partial charge in [-0.1, -0.05) is 30.3 Å². The van der Waals surface area contributed by atoms with E-state index >= 15 is 0 Å². The van der Waals surface area contributed by atoms with Crippen molar-refractivity contribution >= 4 is 29.2 Å². The third kappa shape index (κ3) is 5.77. The van der Waals surface area contributed by atoms with E-state index in [2.05, 4.69) is 29.2 Å². The quantitative estimate of drug-likeness (QED) is 0.720. The highest BCUT2D eigenvalue weighted by atomic mass is 32.1. The zero-order valence-electron chi connectivity index (χ0n) is 15.6. The van der Waals surface area contributed by atoms with Gasteiger partial charge < -0.3 is 9.80 Å². The van der Waals surface area contributed by atoms with Crippen LogP contribution >= 0.6 is 11.3 Å². The van der Waals surface area contributed by atoms with E-state index in [-0.39, 0.29) is 18.4 Å². The molecule has 2 amide bonds. The minimum atomic E-state index is -0.155. The van der Waals surface area contributed by atoms with Crippen molar-refractivity contribution in [2.45, 2.75) is 6.54 Å². The van der Waals surface area contributed by atoms with E-state index in [9.17, 15) is 9.59 Å². The second-order valence-electron chi connectivity index (χ2n) is 6.73. The highest BCUT2D eigenvalue weighted by molar-refractivity contribution is 7.08. The first-order valence-corrected chi connectivity index (χ1v) is 10.1. The molecule has 1 saturated heterocycles. The molecule has 1 aromatic carbocycles. The molecular weight excluding hydrogens is 358 g/mol. The SMILES string of the molecule is CN(CC(=O)N1CCN(Cc2ccccc2)CC1)C(=O)/C=C/c1ccsc1. The van der Waals surface area contributed by atoms with Crippen molar-refractivity contribution in [3.05, 3.63) is 64.4 Å². The topological polar surface area (TPSA) is 43.9 Å². The molecule has 1 aliphatic rings. The van der Waals surface area contributed by atoms with Gasteiger partial charge in [0.1, 0.15) is 0 Å². The molecule has 0 unspecified atom stereocenters. The molecule has 0 N–H and O–H groups in total. The van der Waals surface area contributed by atoms with Gasteiger partial charge in [-0.05, 0) is 34.0 Å². The predicted octanol–water partition coefficient (Wildman–Crippen LogP) is 2.56. The molecule has 0 aliphatic carbocycles. The number of amides is 2. The lowest BCUT2D eigenvalue weighted by Crippen LogP contribution is -2.50. The van der Waals surface area contributed by atoms with Gasteiger partial charge in [0.15, 0.2) is 0 Å². The fourth-order valence-corrected chi connectivity index (χ4v) is 3.67. The predicted molar refractivity (Wildman–Crippen MR) is 109 cm³/mol. The van der Waals surface area contributed by atoms with Crippen molar-refractivity contribution in [2.75, 3.05) is 39.8 Å². The molecule has 1 aromatic heterocycles. The van der Waals surface area contributed by atoms with Crippen LogP contribution in [0.15, 0.2) is 53.2 Å². The summed E-state index contributed by atoms with van der Waals surface area (Å²) in [6.07, 6.45) is 3.30. The van der Waals surface area contributed by atoms with Crippen molar-refractivity contribution in [1.29, 1.82) is 0 Å². The molecule has 2 aromatic rings. The van der Waals surface area contributed by atoms with Gasteiger partial charge in [-0.25, -0.2) is 0 Å². The Kier molecular flexibility index (Phi) is 6.79. The Bertz CT molecular complexity index is 766. The van der Waals surface area contributed by atoms with E-state index < -0.39 is 0 Å². The first-order chi connectivity index (χ1) is 13.1. The third-order valence-electron chi connectivity index (χ3n) is 4.68. The molecule has 27 heavy (non-hydrogen) atoms. The average Bonchev–Trinajstić information content (AvgIpc) is 3.21. The van der Waals surface area contributed by atoms with Crippen LogP contribution in [0.1, 0.15) is 11.1 Å². The number of rotatable bonds is 6. The lowest BCUT2D eigenvalue weighted by molar-refractivity contribution is -0.138. The Morgan fingerprint density at radius 3 is 2.52 bits per heavy atom. The molecule has 142 valence electrons. The summed E-state index contributed by atoms with van der Waals surface area (Å²) in [5, 5.41) is 3.94. The van der Waals surface area contributed by atoms with Crippen LogP contribution in [0.25, 0.3) is 6.08 Å². The van der Waals surface area contributed by atoms with Gasteiger partial charge in [-0.3, -0.25) is 14.5 Å². The van der Waals surface area contributed by atoms with E-state index in [1.54, 1.807) is 24.5 Å². The van der Waals surface area contributed by atoms with Crippen molar-refractivity contribution < 1.29 is 9.59 Å². The second kappa shape index (κ2) is 9.48. The maximum Gasteiger partial charge on any atom is 0.246 e. The number of thiophene rings is 1. The van der Waals surface area contributed by atoms with E-state index in [0.29, 0.717) is 13.1 Å². The van der Waals surface area contributed by atoms with Crippen molar-refractivity contribution in [3.8, 4) is 0 Å². The third-order valence-corrected chi connectivity index (χ3v) is 5.39. The number of benzene rings is 1. The lowest BCUT2D eigenvalue weighted by atomic mass is 10.2. The molecule has 2 heterocycles. The Labute approximate surface area is 164 Å². The van der Waals surface area contributed by atoms with E-state index in [4.69, 9.17) is 0 Å². The summed E-state index contributed by atoms with van der Waals surface area (Å²) in [6.45, 7) is 4.16. The Hall–Kier alpha value is -2.44. The van der Waals surface area contributed by atoms with Crippen LogP contribution in [0.4, 0.5) is 0 Å². The smallest absolute Gasteiger partial charge is 0.246 e. The molecule has 0 atom stereocenters. The normalized spacial score (nSPS) is 15.2. The first kappa shape index (κ1) is 19.3. The van der Waals surface area contributed by atoms with Crippen LogP contribution in [-0.4, -0.2) is 66.3 Å². The van der Waals surface area contributed by atoms with Crippen LogP contribution in [-0.2, 0) is 16.1 Å². The summed E-state index contributed by atoms with van der Waals surface area (Å²) in [6, 6.07) is 12.3. The molecule has 0 spiro atoms. The van der Waals surface area contributed by atoms with Gasteiger partial charge in [0.25, 0.3) is 0 Å². The lowest BCUT2D eigenvalue weighted by Gasteiger charge is -2.35. The summed E-state index contributed by atoms with van der Waals surface area (Å²) in [7, 11) is 1.67. The van der Waals surface area contributed by atoms with Gasteiger partial charge in [0.05, 0.1) is 6.54 Å². The maximum atomic E-state index is 12.5. The van der Waals surface area contributed by atoms with Crippen LogP contribution in [0.5, 0.6) is 0 Å². The number of nitrogens with zero attached hydrogens (tertiary/aromatic N) is 3. The molecule has 6 heteroatoms. The van der Waals surface area contributed by atoms with Gasteiger partial charge in [-0.15, -0.1) is 0 Å². The van der Waals surface area contributed by atoms with E-state index in [1.807, 2.05) is 27.8 Å². The van der Waals surface area contributed by atoms with Crippen LogP contribution < -0.4 is 0 Å². The number of hydrogen-bond donors (Lipinski definition) is 0. The Balaban J connectivity index is 1.43. The monoisotopic (exact) mass is 383 g/mol. The summed E-state index contributed by atoms with van der Waals surface area (Å²) in [5.41, 5.74) is 2.29. The fraction of sp³-hybridized carbons (Fsp3) is 0.333. The first-order valence-electron chi connectivity index (χ1n) is 9.11. The van der Waals surface area contributed by atoms with Gasteiger partial charge in [-0.2, -0.15) is 11.3 Å². The van der Waals surface area contributed by atoms with Gasteiger partial charge in [0.2, 0.25) is 11.8 Å². The number of piperazine rings is 1. The summed E-state index contributed by atoms with van der Waals surface area (Å²) >= 11 is 1.59. The Morgan fingerprint density at radius 1 is 1.11 bits per heavy atom. The fourth-order valence-electron chi connectivity index (χ4n) is 3.04. The highest BCUT2D eigenvalue weighted by Crippen LogP contribution is 2.10. The molecule has 5 nitrogen and oxygen atoms in total. The van der Waals surface area contributed by atoms with E-state index in [0.717, 1.165) is 25.2 Å². The van der Waals surface area contributed by atoms with Crippen LogP contribution in [0, 0.1) is 0 Å². The van der Waals surface area contributed by atoms with Crippen molar-refractivity contribution in [1.82, 2.24) is 14.7 Å². The zero-order valence-corrected chi connectivity index (χ0v) is 16.4. The average molecular weight is 384 g/mol. The molecule has 1 aliphatic heterocycles. The molecule has 0 saturated carbocycles. The minimum absolute atomic E-state index is 0.00847. The van der Waals surface area contributed by atoms with Crippen LogP contribution in [0.2, 0.25) is 0 Å². The van der Waals surface area contributed by atoms with Gasteiger partial charge in [0, 0.05) is 45.8 Å². The number of likely N-dealkylation sites (N-methyl/N-ethyl adjacent to an activating group) is 1. The highest BCUT2D eigenvalue weighted by Gasteiger charge is 2.22. The number of carbonyl (C=O) groups is 2. The molecule has 0 radical (unpaired) electrons. The largest absolute Gasteiger partial charge is 0.339 e. The second-order valence-corrected chi connectivity index (χ2v) is 7.51. The summed E-state index contributed by atoms with van der Waals surface area (Å²) < 4.78 is 0.